The third-order valence-electron chi connectivity index (χ3n) is 3.12. The quantitative estimate of drug-likeness (QED) is 0.633. The van der Waals surface area contributed by atoms with Crippen LogP contribution in [0.15, 0.2) is 30.5 Å². The molecule has 106 valence electrons. The molecule has 1 aromatic carbocycles. The lowest BCUT2D eigenvalue weighted by atomic mass is 10.1. The zero-order valence-corrected chi connectivity index (χ0v) is 11.2. The second-order valence-electron chi connectivity index (χ2n) is 4.49. The highest BCUT2D eigenvalue weighted by Crippen LogP contribution is 2.33. The van der Waals surface area contributed by atoms with Crippen molar-refractivity contribution in [2.75, 3.05) is 4.90 Å². The molecule has 0 bridgehead atoms. The molecule has 7 heteroatoms. The van der Waals surface area contributed by atoms with Crippen LogP contribution < -0.4 is 4.90 Å². The highest BCUT2D eigenvalue weighted by Gasteiger charge is 2.38. The van der Waals surface area contributed by atoms with Crippen LogP contribution in [0.3, 0.4) is 0 Å². The maximum atomic E-state index is 13.7. The first kappa shape index (κ1) is 13.6. The Balaban J connectivity index is 2.03. The minimum Gasteiger partial charge on any atom is -0.300 e. The van der Waals surface area contributed by atoms with Crippen LogP contribution in [0, 0.1) is 11.6 Å². The monoisotopic (exact) mass is 308 g/mol. The molecular formula is C14H7ClF2N2O2. The number of hydrogen-bond donors (Lipinski definition) is 0. The molecule has 21 heavy (non-hydrogen) atoms. The predicted octanol–water partition coefficient (Wildman–Crippen LogP) is 2.74. The van der Waals surface area contributed by atoms with Gasteiger partial charge in [-0.1, -0.05) is 17.7 Å². The number of anilines is 1. The molecule has 0 spiro atoms. The number of pyridine rings is 1. The SMILES string of the molecule is O=C1C(=O)N(Cc2ccc(Cl)nc2)c2cc(F)cc(F)c21. The summed E-state index contributed by atoms with van der Waals surface area (Å²) in [4.78, 5) is 28.6. The Bertz CT molecular complexity index is 762. The predicted molar refractivity (Wildman–Crippen MR) is 71.1 cm³/mol. The van der Waals surface area contributed by atoms with Gasteiger partial charge in [-0.2, -0.15) is 0 Å². The van der Waals surface area contributed by atoms with Gasteiger partial charge in [-0.25, -0.2) is 13.8 Å². The molecule has 0 fully saturated rings. The van der Waals surface area contributed by atoms with E-state index < -0.39 is 28.9 Å². The molecule has 1 amide bonds. The van der Waals surface area contributed by atoms with Crippen LogP contribution in [0.5, 0.6) is 0 Å². The number of fused-ring (bicyclic) bond motifs is 1. The van der Waals surface area contributed by atoms with Crippen LogP contribution in [0.2, 0.25) is 5.15 Å². The minimum absolute atomic E-state index is 0.0232. The van der Waals surface area contributed by atoms with Crippen molar-refractivity contribution in [3.05, 3.63) is 58.4 Å². The lowest BCUT2D eigenvalue weighted by Gasteiger charge is -2.16. The summed E-state index contributed by atoms with van der Waals surface area (Å²) in [6.07, 6.45) is 1.42. The Labute approximate surface area is 123 Å². The van der Waals surface area contributed by atoms with Gasteiger partial charge >= 0.3 is 0 Å². The highest BCUT2D eigenvalue weighted by molar-refractivity contribution is 6.52. The topological polar surface area (TPSA) is 50.3 Å². The molecule has 0 radical (unpaired) electrons. The fourth-order valence-corrected chi connectivity index (χ4v) is 2.29. The number of benzene rings is 1. The zero-order valence-electron chi connectivity index (χ0n) is 10.4. The van der Waals surface area contributed by atoms with Gasteiger partial charge in [-0.05, 0) is 17.7 Å². The van der Waals surface area contributed by atoms with Gasteiger partial charge in [0.2, 0.25) is 0 Å². The smallest absolute Gasteiger partial charge is 0.299 e. The number of ketones is 1. The van der Waals surface area contributed by atoms with Gasteiger partial charge in [0.1, 0.15) is 16.8 Å². The van der Waals surface area contributed by atoms with E-state index in [1.54, 1.807) is 6.07 Å². The average Bonchev–Trinajstić information content (AvgIpc) is 2.66. The lowest BCUT2D eigenvalue weighted by molar-refractivity contribution is -0.114. The summed E-state index contributed by atoms with van der Waals surface area (Å²) in [5.41, 5.74) is 0.110. The molecule has 0 atom stereocenters. The van der Waals surface area contributed by atoms with E-state index in [0.29, 0.717) is 11.6 Å². The summed E-state index contributed by atoms with van der Waals surface area (Å²) in [5.74, 6) is -3.78. The average molecular weight is 309 g/mol. The molecule has 2 aromatic rings. The van der Waals surface area contributed by atoms with Gasteiger partial charge in [-0.3, -0.25) is 9.59 Å². The van der Waals surface area contributed by atoms with Crippen molar-refractivity contribution >= 4 is 29.0 Å². The van der Waals surface area contributed by atoms with E-state index in [1.165, 1.54) is 12.3 Å². The molecule has 0 saturated carbocycles. The molecule has 1 aliphatic rings. The van der Waals surface area contributed by atoms with Gasteiger partial charge in [-0.15, -0.1) is 0 Å². The van der Waals surface area contributed by atoms with Crippen molar-refractivity contribution in [3.63, 3.8) is 0 Å². The maximum Gasteiger partial charge on any atom is 0.299 e. The number of hydrogen-bond acceptors (Lipinski definition) is 3. The van der Waals surface area contributed by atoms with E-state index in [1.807, 2.05) is 0 Å². The van der Waals surface area contributed by atoms with Gasteiger partial charge in [0.05, 0.1) is 17.8 Å². The molecule has 0 unspecified atom stereocenters. The summed E-state index contributed by atoms with van der Waals surface area (Å²) in [7, 11) is 0. The first-order valence-corrected chi connectivity index (χ1v) is 6.31. The molecule has 1 aromatic heterocycles. The summed E-state index contributed by atoms with van der Waals surface area (Å²) in [6.45, 7) is -0.0232. The van der Waals surface area contributed by atoms with Crippen LogP contribution in [0.4, 0.5) is 14.5 Å². The third kappa shape index (κ3) is 2.27. The molecule has 4 nitrogen and oxygen atoms in total. The summed E-state index contributed by atoms with van der Waals surface area (Å²) in [6, 6.07) is 4.68. The summed E-state index contributed by atoms with van der Waals surface area (Å²) < 4.78 is 27.0. The number of nitrogens with zero attached hydrogens (tertiary/aromatic N) is 2. The van der Waals surface area contributed by atoms with Crippen molar-refractivity contribution in [2.45, 2.75) is 6.54 Å². The van der Waals surface area contributed by atoms with E-state index in [2.05, 4.69) is 4.98 Å². The summed E-state index contributed by atoms with van der Waals surface area (Å²) >= 11 is 5.66. The van der Waals surface area contributed by atoms with Crippen LogP contribution in [-0.2, 0) is 11.3 Å². The van der Waals surface area contributed by atoms with Crippen LogP contribution >= 0.6 is 11.6 Å². The summed E-state index contributed by atoms with van der Waals surface area (Å²) in [5, 5.41) is 0.278. The molecule has 0 aliphatic carbocycles. The molecule has 0 N–H and O–H groups in total. The van der Waals surface area contributed by atoms with E-state index in [-0.39, 0.29) is 17.4 Å². The lowest BCUT2D eigenvalue weighted by Crippen LogP contribution is -2.29. The van der Waals surface area contributed by atoms with Crippen LogP contribution in [0.25, 0.3) is 0 Å². The second kappa shape index (κ2) is 4.89. The minimum atomic E-state index is -1.04. The standard InChI is InChI=1S/C14H7ClF2N2O2/c15-11-2-1-7(5-18-11)6-19-10-4-8(16)3-9(17)12(10)13(20)14(19)21/h1-5H,6H2. The Morgan fingerprint density at radius 2 is 1.95 bits per heavy atom. The molecular weight excluding hydrogens is 302 g/mol. The van der Waals surface area contributed by atoms with Gasteiger partial charge in [0, 0.05) is 12.3 Å². The van der Waals surface area contributed by atoms with E-state index >= 15 is 0 Å². The fourth-order valence-electron chi connectivity index (χ4n) is 2.18. The first-order valence-electron chi connectivity index (χ1n) is 5.93. The number of aromatic nitrogens is 1. The van der Waals surface area contributed by atoms with Crippen molar-refractivity contribution in [2.24, 2.45) is 0 Å². The van der Waals surface area contributed by atoms with Crippen molar-refractivity contribution in [3.8, 4) is 0 Å². The highest BCUT2D eigenvalue weighted by atomic mass is 35.5. The Morgan fingerprint density at radius 1 is 1.19 bits per heavy atom. The largest absolute Gasteiger partial charge is 0.300 e. The third-order valence-corrected chi connectivity index (χ3v) is 3.34. The molecule has 0 saturated heterocycles. The van der Waals surface area contributed by atoms with E-state index in [9.17, 15) is 18.4 Å². The van der Waals surface area contributed by atoms with Crippen molar-refractivity contribution < 1.29 is 18.4 Å². The van der Waals surface area contributed by atoms with Crippen molar-refractivity contribution in [1.29, 1.82) is 0 Å². The van der Waals surface area contributed by atoms with Gasteiger partial charge in [0.15, 0.2) is 0 Å². The second-order valence-corrected chi connectivity index (χ2v) is 4.88. The molecule has 3 rings (SSSR count). The molecule has 2 heterocycles. The fraction of sp³-hybridized carbons (Fsp3) is 0.0714. The van der Waals surface area contributed by atoms with E-state index in [0.717, 1.165) is 11.0 Å². The van der Waals surface area contributed by atoms with Gasteiger partial charge in [0.25, 0.3) is 11.7 Å². The van der Waals surface area contributed by atoms with Crippen LogP contribution in [0.1, 0.15) is 15.9 Å². The van der Waals surface area contributed by atoms with Gasteiger partial charge < -0.3 is 4.90 Å². The number of halogens is 3. The zero-order chi connectivity index (χ0) is 15.1. The normalized spacial score (nSPS) is 13.8. The van der Waals surface area contributed by atoms with E-state index in [4.69, 9.17) is 11.6 Å². The number of carbonyl (C=O) groups excluding carboxylic acids is 2. The van der Waals surface area contributed by atoms with Crippen molar-refractivity contribution in [1.82, 2.24) is 4.98 Å². The number of rotatable bonds is 2. The maximum absolute atomic E-state index is 13.7. The first-order chi connectivity index (χ1) is 9.97. The Kier molecular flexibility index (Phi) is 3.17. The van der Waals surface area contributed by atoms with Crippen LogP contribution in [-0.4, -0.2) is 16.7 Å². The Morgan fingerprint density at radius 3 is 2.62 bits per heavy atom. The number of amides is 1. The number of carbonyl (C=O) groups is 2. The Hall–Kier alpha value is -2.34. The number of Topliss-reactive ketones (excluding diaryl/α,β-unsaturated/α-hetero) is 1. The molecule has 1 aliphatic heterocycles.